The van der Waals surface area contributed by atoms with Crippen LogP contribution in [0.3, 0.4) is 0 Å². The van der Waals surface area contributed by atoms with Crippen molar-refractivity contribution in [1.29, 1.82) is 0 Å². The Morgan fingerprint density at radius 3 is 2.45 bits per heavy atom. The van der Waals surface area contributed by atoms with Crippen LogP contribution in [0.2, 0.25) is 5.02 Å². The number of rotatable bonds is 5. The fraction of sp³-hybridized carbons (Fsp3) is 0.571. The zero-order valence-electron chi connectivity index (χ0n) is 15.9. The summed E-state index contributed by atoms with van der Waals surface area (Å²) in [5, 5.41) is 3.86. The average Bonchev–Trinajstić information content (AvgIpc) is 2.99. The number of carbonyl (C=O) groups is 1. The molecule has 0 spiro atoms. The van der Waals surface area contributed by atoms with Gasteiger partial charge in [-0.3, -0.25) is 4.79 Å². The highest BCUT2D eigenvalue weighted by atomic mass is 35.5. The first kappa shape index (κ1) is 20.5. The maximum atomic E-state index is 13.3. The predicted octanol–water partition coefficient (Wildman–Crippen LogP) is 5.90. The van der Waals surface area contributed by atoms with E-state index in [1.54, 1.807) is 18.3 Å². The van der Waals surface area contributed by atoms with Gasteiger partial charge in [0.25, 0.3) is 5.91 Å². The zero-order valence-corrected chi connectivity index (χ0v) is 16.6. The molecule has 0 unspecified atom stereocenters. The van der Waals surface area contributed by atoms with Crippen LogP contribution >= 0.6 is 11.6 Å². The normalized spacial score (nSPS) is 21.8. The van der Waals surface area contributed by atoms with Gasteiger partial charge < -0.3 is 9.88 Å². The molecule has 1 N–H and O–H groups in total. The second-order valence-corrected chi connectivity index (χ2v) is 8.88. The number of alkyl halides is 4. The number of aromatic nitrogens is 1. The molecule has 0 bridgehead atoms. The lowest BCUT2D eigenvalue weighted by Gasteiger charge is -2.35. The summed E-state index contributed by atoms with van der Waals surface area (Å²) < 4.78 is 54.8. The number of amides is 1. The van der Waals surface area contributed by atoms with Gasteiger partial charge in [-0.15, -0.1) is 0 Å². The van der Waals surface area contributed by atoms with Crippen LogP contribution in [-0.4, -0.2) is 28.9 Å². The third-order valence-electron chi connectivity index (χ3n) is 6.12. The van der Waals surface area contributed by atoms with Crippen molar-refractivity contribution in [1.82, 2.24) is 9.88 Å². The van der Waals surface area contributed by atoms with Crippen molar-refractivity contribution in [2.45, 2.75) is 56.9 Å². The van der Waals surface area contributed by atoms with E-state index < -0.39 is 11.8 Å². The molecule has 2 saturated carbocycles. The lowest BCUT2D eigenvalue weighted by atomic mass is 9.81. The van der Waals surface area contributed by atoms with Crippen molar-refractivity contribution in [3.63, 3.8) is 0 Å². The van der Waals surface area contributed by atoms with Crippen LogP contribution in [0, 0.1) is 11.8 Å². The SMILES string of the molecule is O=C(NCC1CCC(F)(F)CC1)c1cn(CC2CC(F)(F)C2)c2cccc(Cl)c12. The van der Waals surface area contributed by atoms with Gasteiger partial charge in [0.15, 0.2) is 0 Å². The molecule has 158 valence electrons. The van der Waals surface area contributed by atoms with Crippen LogP contribution in [0.1, 0.15) is 48.9 Å². The Morgan fingerprint density at radius 1 is 1.10 bits per heavy atom. The molecule has 2 aliphatic carbocycles. The summed E-state index contributed by atoms with van der Waals surface area (Å²) in [4.78, 5) is 12.8. The van der Waals surface area contributed by atoms with Crippen LogP contribution < -0.4 is 5.32 Å². The van der Waals surface area contributed by atoms with Crippen LogP contribution in [0.15, 0.2) is 24.4 Å². The van der Waals surface area contributed by atoms with E-state index in [9.17, 15) is 22.4 Å². The first-order chi connectivity index (χ1) is 13.6. The van der Waals surface area contributed by atoms with E-state index in [1.165, 1.54) is 0 Å². The number of fused-ring (bicyclic) bond motifs is 1. The van der Waals surface area contributed by atoms with Crippen molar-refractivity contribution in [3.05, 3.63) is 35.0 Å². The Balaban J connectivity index is 1.48. The summed E-state index contributed by atoms with van der Waals surface area (Å²) in [7, 11) is 0. The number of nitrogens with one attached hydrogen (secondary N) is 1. The fourth-order valence-electron chi connectivity index (χ4n) is 4.46. The van der Waals surface area contributed by atoms with Crippen molar-refractivity contribution in [2.24, 2.45) is 11.8 Å². The second kappa shape index (κ2) is 7.49. The molecule has 0 aliphatic heterocycles. The van der Waals surface area contributed by atoms with Gasteiger partial charge in [-0.05, 0) is 36.8 Å². The molecule has 1 amide bonds. The number of benzene rings is 1. The number of nitrogens with zero attached hydrogens (tertiary/aromatic N) is 1. The van der Waals surface area contributed by atoms with E-state index >= 15 is 0 Å². The smallest absolute Gasteiger partial charge is 0.253 e. The standard InChI is InChI=1S/C21H23ClF4N2O/c22-16-2-1-3-17-18(16)15(12-28(17)11-14-8-21(25,26)9-14)19(29)27-10-13-4-6-20(23,24)7-5-13/h1-3,12-14H,4-11H2,(H,27,29). The van der Waals surface area contributed by atoms with E-state index in [0.717, 1.165) is 5.52 Å². The lowest BCUT2D eigenvalue weighted by Crippen LogP contribution is -2.37. The van der Waals surface area contributed by atoms with Crippen molar-refractivity contribution >= 4 is 28.4 Å². The third kappa shape index (κ3) is 4.39. The second-order valence-electron chi connectivity index (χ2n) is 8.47. The first-order valence-electron chi connectivity index (χ1n) is 9.95. The fourth-order valence-corrected chi connectivity index (χ4v) is 4.73. The molecule has 0 atom stereocenters. The Morgan fingerprint density at radius 2 is 1.79 bits per heavy atom. The van der Waals surface area contributed by atoms with Crippen LogP contribution in [0.5, 0.6) is 0 Å². The van der Waals surface area contributed by atoms with Crippen molar-refractivity contribution in [2.75, 3.05) is 6.54 Å². The highest BCUT2D eigenvalue weighted by molar-refractivity contribution is 6.36. The quantitative estimate of drug-likeness (QED) is 0.589. The van der Waals surface area contributed by atoms with E-state index in [2.05, 4.69) is 5.32 Å². The van der Waals surface area contributed by atoms with Gasteiger partial charge in [0.05, 0.1) is 16.1 Å². The van der Waals surface area contributed by atoms with Crippen molar-refractivity contribution in [3.8, 4) is 0 Å². The van der Waals surface area contributed by atoms with Gasteiger partial charge in [-0.1, -0.05) is 17.7 Å². The van der Waals surface area contributed by atoms with E-state index in [4.69, 9.17) is 11.6 Å². The van der Waals surface area contributed by atoms with Gasteiger partial charge in [-0.2, -0.15) is 0 Å². The number of hydrogen-bond acceptors (Lipinski definition) is 1. The van der Waals surface area contributed by atoms with Gasteiger partial charge in [-0.25, -0.2) is 17.6 Å². The monoisotopic (exact) mass is 430 g/mol. The molecule has 3 nitrogen and oxygen atoms in total. The molecule has 1 heterocycles. The third-order valence-corrected chi connectivity index (χ3v) is 6.43. The maximum Gasteiger partial charge on any atom is 0.253 e. The zero-order chi connectivity index (χ0) is 20.8. The molecular weight excluding hydrogens is 408 g/mol. The van der Waals surface area contributed by atoms with Crippen LogP contribution in [-0.2, 0) is 6.54 Å². The molecule has 1 aromatic carbocycles. The van der Waals surface area contributed by atoms with Gasteiger partial charge in [0, 0.05) is 50.4 Å². The number of carbonyl (C=O) groups excluding carboxylic acids is 1. The summed E-state index contributed by atoms with van der Waals surface area (Å²) in [6.45, 7) is 0.734. The molecule has 8 heteroatoms. The van der Waals surface area contributed by atoms with E-state index in [0.29, 0.717) is 41.9 Å². The molecule has 2 fully saturated rings. The summed E-state index contributed by atoms with van der Waals surface area (Å²) >= 11 is 6.33. The van der Waals surface area contributed by atoms with Gasteiger partial charge in [0.1, 0.15) is 0 Å². The number of hydrogen-bond donors (Lipinski definition) is 1. The first-order valence-corrected chi connectivity index (χ1v) is 10.3. The van der Waals surface area contributed by atoms with Crippen LogP contribution in [0.4, 0.5) is 17.6 Å². The topological polar surface area (TPSA) is 34.0 Å². The molecule has 0 radical (unpaired) electrons. The number of halogens is 5. The largest absolute Gasteiger partial charge is 0.352 e. The minimum absolute atomic E-state index is 0.0274. The molecule has 2 aliphatic rings. The minimum Gasteiger partial charge on any atom is -0.352 e. The van der Waals surface area contributed by atoms with E-state index in [-0.39, 0.29) is 43.4 Å². The maximum absolute atomic E-state index is 13.3. The summed E-state index contributed by atoms with van der Waals surface area (Å²) in [5.74, 6) is -5.63. The molecule has 1 aromatic heterocycles. The summed E-state index contributed by atoms with van der Waals surface area (Å²) in [5.41, 5.74) is 1.12. The van der Waals surface area contributed by atoms with Crippen LogP contribution in [0.25, 0.3) is 10.9 Å². The van der Waals surface area contributed by atoms with Gasteiger partial charge >= 0.3 is 0 Å². The molecule has 29 heavy (non-hydrogen) atoms. The Kier molecular flexibility index (Phi) is 5.30. The molecular formula is C21H23ClF4N2O. The summed E-state index contributed by atoms with van der Waals surface area (Å²) in [6, 6.07) is 5.27. The summed E-state index contributed by atoms with van der Waals surface area (Å²) in [6.07, 6.45) is 1.83. The Hall–Kier alpha value is -1.76. The predicted molar refractivity (Wildman–Crippen MR) is 104 cm³/mol. The van der Waals surface area contributed by atoms with Crippen molar-refractivity contribution < 1.29 is 22.4 Å². The highest BCUT2D eigenvalue weighted by Gasteiger charge is 2.45. The molecule has 4 rings (SSSR count). The van der Waals surface area contributed by atoms with E-state index in [1.807, 2.05) is 10.6 Å². The highest BCUT2D eigenvalue weighted by Crippen LogP contribution is 2.44. The Bertz CT molecular complexity index is 909. The molecule has 0 saturated heterocycles. The molecule has 2 aromatic rings. The minimum atomic E-state index is -2.60. The lowest BCUT2D eigenvalue weighted by molar-refractivity contribution is -0.113. The average molecular weight is 431 g/mol. The Labute approximate surface area is 171 Å². The van der Waals surface area contributed by atoms with Gasteiger partial charge in [0.2, 0.25) is 11.8 Å².